The van der Waals surface area contributed by atoms with Gasteiger partial charge in [-0.25, -0.2) is 0 Å². The number of benzene rings is 2. The van der Waals surface area contributed by atoms with E-state index in [-0.39, 0.29) is 0 Å². The number of rotatable bonds is 8. The molecular formula is C28H24N4O2. The lowest BCUT2D eigenvalue weighted by molar-refractivity contribution is 0.303. The SMILES string of the molecule is COc1cc(OCc2ccncc2)ccc1C=Cc1cc(C=Cc2cccc3cc[nH]c23)n[nH]1. The molecule has 0 fully saturated rings. The summed E-state index contributed by atoms with van der Waals surface area (Å²) in [5, 5.41) is 8.65. The Morgan fingerprint density at radius 2 is 1.76 bits per heavy atom. The first-order chi connectivity index (χ1) is 16.8. The molecule has 3 heterocycles. The smallest absolute Gasteiger partial charge is 0.129 e. The van der Waals surface area contributed by atoms with E-state index >= 15 is 0 Å². The van der Waals surface area contributed by atoms with Gasteiger partial charge in [-0.3, -0.25) is 10.1 Å². The Labute approximate surface area is 197 Å². The minimum absolute atomic E-state index is 0.476. The van der Waals surface area contributed by atoms with E-state index in [1.807, 2.05) is 60.8 Å². The summed E-state index contributed by atoms with van der Waals surface area (Å²) < 4.78 is 11.4. The maximum absolute atomic E-state index is 5.88. The third-order valence-electron chi connectivity index (χ3n) is 5.47. The van der Waals surface area contributed by atoms with Gasteiger partial charge in [0.25, 0.3) is 0 Å². The third-order valence-corrected chi connectivity index (χ3v) is 5.47. The second kappa shape index (κ2) is 9.92. The standard InChI is InChI=1S/C28H24N4O2/c1-33-27-18-26(34-19-20-11-14-29-15-12-20)10-7-21(27)5-8-24-17-25(32-31-24)9-6-22-3-2-4-23-13-16-30-28(22)23/h2-18,30H,19H2,1H3,(H,31,32). The fourth-order valence-electron chi connectivity index (χ4n) is 3.69. The van der Waals surface area contributed by atoms with Crippen molar-refractivity contribution in [2.75, 3.05) is 7.11 Å². The summed E-state index contributed by atoms with van der Waals surface area (Å²) in [6.07, 6.45) is 13.5. The summed E-state index contributed by atoms with van der Waals surface area (Å²) in [5.74, 6) is 1.49. The Kier molecular flexibility index (Phi) is 6.21. The molecule has 0 amide bonds. The molecule has 34 heavy (non-hydrogen) atoms. The number of hydrogen-bond donors (Lipinski definition) is 2. The fourth-order valence-corrected chi connectivity index (χ4v) is 3.69. The first kappa shape index (κ1) is 21.3. The van der Waals surface area contributed by atoms with Gasteiger partial charge in [0.2, 0.25) is 0 Å². The summed E-state index contributed by atoms with van der Waals surface area (Å²) in [6.45, 7) is 0.476. The van der Waals surface area contributed by atoms with Gasteiger partial charge in [-0.1, -0.05) is 24.3 Å². The molecule has 6 heteroatoms. The average Bonchev–Trinajstić information content (AvgIpc) is 3.55. The van der Waals surface area contributed by atoms with Crippen molar-refractivity contribution in [3.05, 3.63) is 107 Å². The van der Waals surface area contributed by atoms with Gasteiger partial charge in [0.15, 0.2) is 0 Å². The molecule has 168 valence electrons. The summed E-state index contributed by atoms with van der Waals surface area (Å²) in [5.41, 5.74) is 6.01. The molecule has 0 spiro atoms. The number of nitrogens with one attached hydrogen (secondary N) is 2. The van der Waals surface area contributed by atoms with Crippen LogP contribution in [0.4, 0.5) is 0 Å². The molecular weight excluding hydrogens is 424 g/mol. The highest BCUT2D eigenvalue weighted by Crippen LogP contribution is 2.27. The Balaban J connectivity index is 1.26. The van der Waals surface area contributed by atoms with Crippen LogP contribution in [0.5, 0.6) is 11.5 Å². The number of para-hydroxylation sites is 1. The van der Waals surface area contributed by atoms with Gasteiger partial charge in [0.1, 0.15) is 18.1 Å². The molecule has 2 aromatic carbocycles. The van der Waals surface area contributed by atoms with Gasteiger partial charge >= 0.3 is 0 Å². The molecule has 0 saturated heterocycles. The topological polar surface area (TPSA) is 75.8 Å². The highest BCUT2D eigenvalue weighted by molar-refractivity contribution is 5.90. The van der Waals surface area contributed by atoms with E-state index in [1.54, 1.807) is 19.5 Å². The summed E-state index contributed by atoms with van der Waals surface area (Å²) in [6, 6.07) is 20.0. The van der Waals surface area contributed by atoms with E-state index in [9.17, 15) is 0 Å². The number of aromatic nitrogens is 4. The minimum atomic E-state index is 0.476. The van der Waals surface area contributed by atoms with Crippen molar-refractivity contribution in [3.8, 4) is 11.5 Å². The van der Waals surface area contributed by atoms with Crippen molar-refractivity contribution in [2.45, 2.75) is 6.61 Å². The van der Waals surface area contributed by atoms with Crippen molar-refractivity contribution >= 4 is 35.2 Å². The lowest BCUT2D eigenvalue weighted by Crippen LogP contribution is -1.96. The predicted molar refractivity (Wildman–Crippen MR) is 136 cm³/mol. The van der Waals surface area contributed by atoms with Gasteiger partial charge in [-0.15, -0.1) is 0 Å². The van der Waals surface area contributed by atoms with Gasteiger partial charge in [-0.05, 0) is 71.1 Å². The van der Waals surface area contributed by atoms with Crippen LogP contribution >= 0.6 is 0 Å². The van der Waals surface area contributed by atoms with Crippen molar-refractivity contribution in [2.24, 2.45) is 0 Å². The van der Waals surface area contributed by atoms with Crippen LogP contribution in [0.3, 0.4) is 0 Å². The summed E-state index contributed by atoms with van der Waals surface area (Å²) >= 11 is 0. The highest BCUT2D eigenvalue weighted by atomic mass is 16.5. The maximum atomic E-state index is 5.88. The second-order valence-electron chi connectivity index (χ2n) is 7.75. The molecule has 0 atom stereocenters. The average molecular weight is 449 g/mol. The Morgan fingerprint density at radius 1 is 0.882 bits per heavy atom. The summed E-state index contributed by atoms with van der Waals surface area (Å²) in [4.78, 5) is 7.31. The molecule has 0 radical (unpaired) electrons. The normalized spacial score (nSPS) is 11.6. The molecule has 2 N–H and O–H groups in total. The van der Waals surface area contributed by atoms with Crippen LogP contribution in [0.25, 0.3) is 35.2 Å². The number of hydrogen-bond acceptors (Lipinski definition) is 4. The van der Waals surface area contributed by atoms with E-state index < -0.39 is 0 Å². The van der Waals surface area contributed by atoms with Crippen molar-refractivity contribution in [1.82, 2.24) is 20.2 Å². The molecule has 0 aliphatic carbocycles. The van der Waals surface area contributed by atoms with E-state index in [4.69, 9.17) is 9.47 Å². The minimum Gasteiger partial charge on any atom is -0.496 e. The van der Waals surface area contributed by atoms with Crippen LogP contribution in [0.15, 0.2) is 79.3 Å². The van der Waals surface area contributed by atoms with Crippen molar-refractivity contribution in [3.63, 3.8) is 0 Å². The number of nitrogens with zero attached hydrogens (tertiary/aromatic N) is 2. The third kappa shape index (κ3) is 4.91. The van der Waals surface area contributed by atoms with E-state index in [0.29, 0.717) is 6.61 Å². The lowest BCUT2D eigenvalue weighted by Gasteiger charge is -2.10. The van der Waals surface area contributed by atoms with Crippen LogP contribution in [-0.4, -0.2) is 27.3 Å². The quantitative estimate of drug-likeness (QED) is 0.296. The molecule has 0 saturated carbocycles. The maximum Gasteiger partial charge on any atom is 0.129 e. The monoisotopic (exact) mass is 448 g/mol. The van der Waals surface area contributed by atoms with Crippen molar-refractivity contribution < 1.29 is 9.47 Å². The van der Waals surface area contributed by atoms with Crippen LogP contribution < -0.4 is 9.47 Å². The molecule has 5 rings (SSSR count). The second-order valence-corrected chi connectivity index (χ2v) is 7.75. The van der Waals surface area contributed by atoms with E-state index in [1.165, 1.54) is 5.39 Å². The Morgan fingerprint density at radius 3 is 2.65 bits per heavy atom. The fraction of sp³-hybridized carbons (Fsp3) is 0.0714. The zero-order chi connectivity index (χ0) is 23.2. The van der Waals surface area contributed by atoms with Crippen molar-refractivity contribution in [1.29, 1.82) is 0 Å². The van der Waals surface area contributed by atoms with Gasteiger partial charge < -0.3 is 14.5 Å². The molecule has 5 aromatic rings. The first-order valence-electron chi connectivity index (χ1n) is 11.0. The molecule has 0 aliphatic heterocycles. The number of fused-ring (bicyclic) bond motifs is 1. The molecule has 0 aliphatic rings. The van der Waals surface area contributed by atoms with E-state index in [2.05, 4.69) is 50.5 Å². The summed E-state index contributed by atoms with van der Waals surface area (Å²) in [7, 11) is 1.66. The number of methoxy groups -OCH3 is 1. The molecule has 0 unspecified atom stereocenters. The van der Waals surface area contributed by atoms with Gasteiger partial charge in [0, 0.05) is 30.2 Å². The Bertz CT molecular complexity index is 1450. The van der Waals surface area contributed by atoms with Crippen LogP contribution in [0.1, 0.15) is 28.1 Å². The predicted octanol–water partition coefficient (Wildman–Crippen LogP) is 6.21. The van der Waals surface area contributed by atoms with Gasteiger partial charge in [-0.2, -0.15) is 5.10 Å². The van der Waals surface area contributed by atoms with Crippen LogP contribution in [-0.2, 0) is 6.61 Å². The van der Waals surface area contributed by atoms with E-state index in [0.717, 1.165) is 45.1 Å². The molecule has 3 aromatic heterocycles. The lowest BCUT2D eigenvalue weighted by atomic mass is 10.1. The first-order valence-corrected chi connectivity index (χ1v) is 11.0. The number of H-pyrrole nitrogens is 2. The molecule has 6 nitrogen and oxygen atoms in total. The Hall–Kier alpha value is -4.58. The van der Waals surface area contributed by atoms with Crippen LogP contribution in [0, 0.1) is 0 Å². The number of aromatic amines is 2. The zero-order valence-electron chi connectivity index (χ0n) is 18.7. The van der Waals surface area contributed by atoms with Crippen LogP contribution in [0.2, 0.25) is 0 Å². The number of ether oxygens (including phenoxy) is 2. The zero-order valence-corrected chi connectivity index (χ0v) is 18.7. The molecule has 0 bridgehead atoms. The highest BCUT2D eigenvalue weighted by Gasteiger charge is 2.05. The van der Waals surface area contributed by atoms with Gasteiger partial charge in [0.05, 0.1) is 24.0 Å². The number of pyridine rings is 1. The largest absolute Gasteiger partial charge is 0.496 e.